The fourth-order valence-corrected chi connectivity index (χ4v) is 4.39. The third kappa shape index (κ3) is 4.01. The first kappa shape index (κ1) is 23.1. The summed E-state index contributed by atoms with van der Waals surface area (Å²) in [6.45, 7) is 6.12. The number of amides is 1. The summed E-state index contributed by atoms with van der Waals surface area (Å²) in [6.07, 6.45) is -0.128. The molecular weight excluding hydrogens is 428 g/mol. The van der Waals surface area contributed by atoms with Gasteiger partial charge in [-0.3, -0.25) is 14.9 Å². The molecule has 1 amide bonds. The van der Waals surface area contributed by atoms with Crippen LogP contribution in [0, 0.1) is 11.3 Å². The van der Waals surface area contributed by atoms with Crippen molar-refractivity contribution in [1.29, 1.82) is 5.26 Å². The smallest absolute Gasteiger partial charge is 0.227 e. The monoisotopic (exact) mass is 456 g/mol. The minimum atomic E-state index is -0.372. The van der Waals surface area contributed by atoms with Crippen LogP contribution in [0.25, 0.3) is 11.0 Å². The van der Waals surface area contributed by atoms with Crippen molar-refractivity contribution in [3.63, 3.8) is 0 Å². The quantitative estimate of drug-likeness (QED) is 0.452. The first-order valence-electron chi connectivity index (χ1n) is 11.2. The van der Waals surface area contributed by atoms with Crippen molar-refractivity contribution in [3.8, 4) is 6.07 Å². The van der Waals surface area contributed by atoms with Crippen molar-refractivity contribution in [1.82, 2.24) is 9.55 Å². The highest BCUT2D eigenvalue weighted by atomic mass is 16.2. The van der Waals surface area contributed by atoms with Crippen LogP contribution in [0.3, 0.4) is 0 Å². The van der Waals surface area contributed by atoms with E-state index in [9.17, 15) is 14.9 Å². The van der Waals surface area contributed by atoms with E-state index in [4.69, 9.17) is 0 Å². The van der Waals surface area contributed by atoms with Crippen molar-refractivity contribution in [3.05, 3.63) is 59.9 Å². The number of para-hydroxylation sites is 4. The Morgan fingerprint density at radius 2 is 1.56 bits per heavy atom. The summed E-state index contributed by atoms with van der Waals surface area (Å²) in [5.41, 5.74) is 3.27. The van der Waals surface area contributed by atoms with Crippen molar-refractivity contribution in [2.24, 2.45) is 0 Å². The maximum absolute atomic E-state index is 13.0. The fraction of sp³-hybridized carbons (Fsp3) is 0.308. The number of ketones is 1. The number of carbonyl (C=O) groups is 2. The zero-order valence-corrected chi connectivity index (χ0v) is 20.1. The summed E-state index contributed by atoms with van der Waals surface area (Å²) < 4.78 is 1.98. The molecule has 34 heavy (non-hydrogen) atoms. The molecule has 8 nitrogen and oxygen atoms in total. The second-order valence-electron chi connectivity index (χ2n) is 9.32. The van der Waals surface area contributed by atoms with Crippen LogP contribution in [0.5, 0.6) is 0 Å². The minimum Gasteiger partial charge on any atom is -0.328 e. The highest BCUT2D eigenvalue weighted by Gasteiger charge is 2.31. The Hall–Kier alpha value is -4.12. The third-order valence-corrected chi connectivity index (χ3v) is 5.92. The second kappa shape index (κ2) is 8.67. The molecule has 0 aliphatic carbocycles. The third-order valence-electron chi connectivity index (χ3n) is 5.92. The van der Waals surface area contributed by atoms with Gasteiger partial charge in [0.1, 0.15) is 17.5 Å². The molecule has 0 unspecified atom stereocenters. The fourth-order valence-electron chi connectivity index (χ4n) is 4.39. The van der Waals surface area contributed by atoms with E-state index in [1.807, 2.05) is 97.8 Å². The van der Waals surface area contributed by atoms with E-state index in [2.05, 4.69) is 16.4 Å². The standard InChI is InChI=1S/C26H28N6O2/c1-26(2,3)32-19-11-7-6-10-18(19)28-25(32)29-23(34)15-14-22(33)17(16-27)24-30(4)20-12-8-9-13-21(20)31(24)5/h6-13H,14-15H2,1-5H3,(H,28,29,34). The number of anilines is 3. The number of allylic oxidation sites excluding steroid dienone is 1. The number of imidazole rings is 1. The molecule has 0 bridgehead atoms. The van der Waals surface area contributed by atoms with Crippen LogP contribution in [0.2, 0.25) is 0 Å². The van der Waals surface area contributed by atoms with Gasteiger partial charge in [0.05, 0.1) is 22.4 Å². The molecule has 0 spiro atoms. The predicted molar refractivity (Wildman–Crippen MR) is 133 cm³/mol. The highest BCUT2D eigenvalue weighted by molar-refractivity contribution is 6.04. The van der Waals surface area contributed by atoms with Crippen LogP contribution in [-0.2, 0) is 15.1 Å². The molecule has 0 saturated carbocycles. The summed E-state index contributed by atoms with van der Waals surface area (Å²) in [5, 5.41) is 12.6. The Balaban J connectivity index is 1.52. The molecule has 3 aromatic rings. The lowest BCUT2D eigenvalue weighted by Crippen LogP contribution is -2.27. The first-order valence-corrected chi connectivity index (χ1v) is 11.2. The maximum Gasteiger partial charge on any atom is 0.227 e. The molecule has 0 saturated heterocycles. The van der Waals surface area contributed by atoms with Crippen LogP contribution in [0.1, 0.15) is 33.6 Å². The maximum atomic E-state index is 13.0. The molecule has 1 aromatic heterocycles. The topological polar surface area (TPSA) is 94.3 Å². The van der Waals surface area contributed by atoms with E-state index >= 15 is 0 Å². The summed E-state index contributed by atoms with van der Waals surface area (Å²) in [5.74, 6) is 0.260. The number of aromatic nitrogens is 2. The number of hydrogen-bond donors (Lipinski definition) is 1. The summed E-state index contributed by atoms with van der Waals surface area (Å²) in [4.78, 5) is 34.0. The van der Waals surface area contributed by atoms with Gasteiger partial charge in [-0.25, -0.2) is 4.98 Å². The summed E-state index contributed by atoms with van der Waals surface area (Å²) in [6, 6.07) is 17.5. The molecule has 8 heteroatoms. The van der Waals surface area contributed by atoms with E-state index in [-0.39, 0.29) is 35.6 Å². The van der Waals surface area contributed by atoms with Crippen LogP contribution < -0.4 is 15.1 Å². The molecule has 1 N–H and O–H groups in total. The average molecular weight is 457 g/mol. The zero-order chi connectivity index (χ0) is 24.6. The zero-order valence-electron chi connectivity index (χ0n) is 20.1. The number of nitriles is 1. The highest BCUT2D eigenvalue weighted by Crippen LogP contribution is 2.40. The normalized spacial score (nSPS) is 13.1. The van der Waals surface area contributed by atoms with Crippen LogP contribution >= 0.6 is 0 Å². The number of Topliss-reactive ketones (excluding diaryl/α,β-unsaturated/α-hetero) is 1. The largest absolute Gasteiger partial charge is 0.328 e. The number of carbonyl (C=O) groups excluding carboxylic acids is 2. The van der Waals surface area contributed by atoms with E-state index in [1.165, 1.54) is 0 Å². The molecule has 2 heterocycles. The lowest BCUT2D eigenvalue weighted by Gasteiger charge is -2.24. The molecule has 0 radical (unpaired) electrons. The van der Waals surface area contributed by atoms with Gasteiger partial charge in [-0.1, -0.05) is 24.3 Å². The first-order chi connectivity index (χ1) is 16.1. The Kier molecular flexibility index (Phi) is 5.88. The Morgan fingerprint density at radius 1 is 0.971 bits per heavy atom. The number of benzene rings is 2. The van der Waals surface area contributed by atoms with Gasteiger partial charge in [-0.2, -0.15) is 5.26 Å². The molecule has 0 atom stereocenters. The van der Waals surface area contributed by atoms with E-state index in [0.29, 0.717) is 11.8 Å². The number of fused-ring (bicyclic) bond motifs is 2. The van der Waals surface area contributed by atoms with Gasteiger partial charge in [0.25, 0.3) is 0 Å². The molecule has 174 valence electrons. The van der Waals surface area contributed by atoms with Crippen molar-refractivity contribution in [2.45, 2.75) is 39.2 Å². The van der Waals surface area contributed by atoms with Crippen LogP contribution in [0.4, 0.5) is 17.3 Å². The van der Waals surface area contributed by atoms with Crippen LogP contribution in [-0.4, -0.2) is 35.3 Å². The second-order valence-corrected chi connectivity index (χ2v) is 9.32. The van der Waals surface area contributed by atoms with E-state index < -0.39 is 0 Å². The summed E-state index contributed by atoms with van der Waals surface area (Å²) >= 11 is 0. The van der Waals surface area contributed by atoms with Gasteiger partial charge < -0.3 is 14.4 Å². The number of nitrogens with one attached hydrogen (secondary N) is 1. The number of rotatable bonds is 5. The molecule has 2 aromatic carbocycles. The molecule has 0 fully saturated rings. The minimum absolute atomic E-state index is 0.0379. The molecule has 1 aliphatic rings. The van der Waals surface area contributed by atoms with Gasteiger partial charge in [0, 0.05) is 32.5 Å². The Labute approximate surface area is 199 Å². The van der Waals surface area contributed by atoms with Crippen LogP contribution in [0.15, 0.2) is 59.9 Å². The Bertz CT molecular complexity index is 1320. The molecule has 4 rings (SSSR count). The average Bonchev–Trinajstić information content (AvgIpc) is 3.29. The number of nitrogens with zero attached hydrogens (tertiary/aromatic N) is 5. The molecular formula is C26H28N6O2. The van der Waals surface area contributed by atoms with E-state index in [0.717, 1.165) is 22.4 Å². The molecule has 1 aliphatic heterocycles. The lowest BCUT2D eigenvalue weighted by atomic mass is 10.1. The van der Waals surface area contributed by atoms with Crippen molar-refractivity contribution >= 4 is 40.0 Å². The Morgan fingerprint density at radius 3 is 2.15 bits per heavy atom. The van der Waals surface area contributed by atoms with Crippen molar-refractivity contribution < 1.29 is 9.59 Å². The van der Waals surface area contributed by atoms with Gasteiger partial charge in [-0.15, -0.1) is 0 Å². The SMILES string of the molecule is CN1C(=C(C#N)C(=O)CCC(=O)Nc2nc3ccccc3n2C(C)(C)C)N(C)c2ccccc21. The number of hydrogen-bond acceptors (Lipinski definition) is 6. The lowest BCUT2D eigenvalue weighted by molar-refractivity contribution is -0.120. The van der Waals surface area contributed by atoms with Gasteiger partial charge in [0.15, 0.2) is 5.78 Å². The van der Waals surface area contributed by atoms with Gasteiger partial charge in [-0.05, 0) is 45.0 Å². The van der Waals surface area contributed by atoms with Gasteiger partial charge >= 0.3 is 0 Å². The van der Waals surface area contributed by atoms with Crippen molar-refractivity contribution in [2.75, 3.05) is 29.2 Å². The van der Waals surface area contributed by atoms with Gasteiger partial charge in [0.2, 0.25) is 11.9 Å². The summed E-state index contributed by atoms with van der Waals surface area (Å²) in [7, 11) is 3.65. The predicted octanol–water partition coefficient (Wildman–Crippen LogP) is 4.40. The van der Waals surface area contributed by atoms with E-state index in [1.54, 1.807) is 0 Å².